The number of carbonyl (C=O) groups is 1. The second-order valence-corrected chi connectivity index (χ2v) is 5.36. The maximum atomic E-state index is 12.2. The lowest BCUT2D eigenvalue weighted by Crippen LogP contribution is -2.48. The first-order chi connectivity index (χ1) is 8.19. The van der Waals surface area contributed by atoms with Gasteiger partial charge in [0.25, 0.3) is 0 Å². The average molecular weight is 240 g/mol. The standard InChI is InChI=1S/C13H24N2O2/c1-14-11-4-8-15(9-5-11)12(16)10-13(17-2)6-3-7-13/h11,14H,3-10H2,1-2H3. The fraction of sp³-hybridized carbons (Fsp3) is 0.923. The fourth-order valence-corrected chi connectivity index (χ4v) is 2.83. The van der Waals surface area contributed by atoms with Gasteiger partial charge in [0.1, 0.15) is 0 Å². The summed E-state index contributed by atoms with van der Waals surface area (Å²) in [7, 11) is 3.73. The third kappa shape index (κ3) is 2.80. The van der Waals surface area contributed by atoms with Gasteiger partial charge in [-0.3, -0.25) is 4.79 Å². The first-order valence-electron chi connectivity index (χ1n) is 6.69. The number of hydrogen-bond donors (Lipinski definition) is 1. The average Bonchev–Trinajstić information content (AvgIpc) is 2.33. The summed E-state index contributed by atoms with van der Waals surface area (Å²) in [6, 6.07) is 0.583. The quantitative estimate of drug-likeness (QED) is 0.801. The predicted molar refractivity (Wildman–Crippen MR) is 66.9 cm³/mol. The molecule has 1 aliphatic heterocycles. The molecular weight excluding hydrogens is 216 g/mol. The SMILES string of the molecule is CNC1CCN(C(=O)CC2(OC)CCC2)CC1. The molecule has 1 N–H and O–H groups in total. The van der Waals surface area contributed by atoms with Crippen LogP contribution in [0.5, 0.6) is 0 Å². The Morgan fingerprint density at radius 3 is 2.47 bits per heavy atom. The predicted octanol–water partition coefficient (Wildman–Crippen LogP) is 1.16. The molecule has 0 aromatic heterocycles. The van der Waals surface area contributed by atoms with Crippen molar-refractivity contribution in [3.8, 4) is 0 Å². The summed E-state index contributed by atoms with van der Waals surface area (Å²) in [4.78, 5) is 14.2. The smallest absolute Gasteiger partial charge is 0.225 e. The molecule has 4 nitrogen and oxygen atoms in total. The molecule has 98 valence electrons. The molecule has 1 aliphatic carbocycles. The minimum atomic E-state index is -0.128. The van der Waals surface area contributed by atoms with Gasteiger partial charge in [-0.1, -0.05) is 0 Å². The first kappa shape index (κ1) is 12.8. The Kier molecular flexibility index (Phi) is 4.05. The molecule has 2 aliphatic rings. The van der Waals surface area contributed by atoms with Crippen molar-refractivity contribution in [1.29, 1.82) is 0 Å². The van der Waals surface area contributed by atoms with Crippen LogP contribution >= 0.6 is 0 Å². The zero-order valence-corrected chi connectivity index (χ0v) is 11.0. The van der Waals surface area contributed by atoms with Crippen LogP contribution in [0.25, 0.3) is 0 Å². The summed E-state index contributed by atoms with van der Waals surface area (Å²) >= 11 is 0. The molecule has 0 atom stereocenters. The number of piperidine rings is 1. The van der Waals surface area contributed by atoms with Gasteiger partial charge in [0.2, 0.25) is 5.91 Å². The van der Waals surface area contributed by atoms with Crippen LogP contribution in [-0.4, -0.2) is 49.7 Å². The number of ether oxygens (including phenoxy) is 1. The second kappa shape index (κ2) is 5.36. The lowest BCUT2D eigenvalue weighted by atomic mass is 9.77. The molecule has 1 amide bonds. The summed E-state index contributed by atoms with van der Waals surface area (Å²) in [5, 5.41) is 3.28. The summed E-state index contributed by atoms with van der Waals surface area (Å²) in [6.45, 7) is 1.79. The van der Waals surface area contributed by atoms with Gasteiger partial charge in [0.15, 0.2) is 0 Å². The van der Waals surface area contributed by atoms with E-state index in [0.717, 1.165) is 38.8 Å². The van der Waals surface area contributed by atoms with Crippen LogP contribution in [0.1, 0.15) is 38.5 Å². The van der Waals surface area contributed by atoms with E-state index < -0.39 is 0 Å². The van der Waals surface area contributed by atoms with Gasteiger partial charge in [0.05, 0.1) is 12.0 Å². The summed E-state index contributed by atoms with van der Waals surface area (Å²) in [5.41, 5.74) is -0.128. The topological polar surface area (TPSA) is 41.6 Å². The molecule has 2 fully saturated rings. The maximum absolute atomic E-state index is 12.2. The largest absolute Gasteiger partial charge is 0.378 e. The molecule has 0 unspecified atom stereocenters. The van der Waals surface area contributed by atoms with Crippen molar-refractivity contribution in [2.45, 2.75) is 50.2 Å². The zero-order chi connectivity index (χ0) is 12.3. The molecule has 1 saturated heterocycles. The summed E-state index contributed by atoms with van der Waals surface area (Å²) in [5.74, 6) is 0.279. The fourth-order valence-electron chi connectivity index (χ4n) is 2.83. The molecule has 2 rings (SSSR count). The van der Waals surface area contributed by atoms with Crippen molar-refractivity contribution in [1.82, 2.24) is 10.2 Å². The zero-order valence-electron chi connectivity index (χ0n) is 11.0. The molecule has 0 bridgehead atoms. The maximum Gasteiger partial charge on any atom is 0.225 e. The van der Waals surface area contributed by atoms with E-state index in [2.05, 4.69) is 5.32 Å². The van der Waals surface area contributed by atoms with E-state index in [1.165, 1.54) is 6.42 Å². The lowest BCUT2D eigenvalue weighted by Gasteiger charge is -2.42. The van der Waals surface area contributed by atoms with Gasteiger partial charge < -0.3 is 15.0 Å². The van der Waals surface area contributed by atoms with E-state index in [1.807, 2.05) is 11.9 Å². The molecule has 4 heteroatoms. The highest BCUT2D eigenvalue weighted by molar-refractivity contribution is 5.77. The van der Waals surface area contributed by atoms with E-state index in [0.29, 0.717) is 12.5 Å². The molecule has 0 spiro atoms. The van der Waals surface area contributed by atoms with Crippen LogP contribution < -0.4 is 5.32 Å². The van der Waals surface area contributed by atoms with Crippen LogP contribution in [0.3, 0.4) is 0 Å². The minimum Gasteiger partial charge on any atom is -0.378 e. The van der Waals surface area contributed by atoms with Gasteiger partial charge >= 0.3 is 0 Å². The minimum absolute atomic E-state index is 0.128. The van der Waals surface area contributed by atoms with Crippen molar-refractivity contribution in [2.75, 3.05) is 27.2 Å². The normalized spacial score (nSPS) is 24.5. The molecular formula is C13H24N2O2. The third-order valence-corrected chi connectivity index (χ3v) is 4.43. The molecule has 17 heavy (non-hydrogen) atoms. The monoisotopic (exact) mass is 240 g/mol. The third-order valence-electron chi connectivity index (χ3n) is 4.43. The second-order valence-electron chi connectivity index (χ2n) is 5.36. The molecule has 0 radical (unpaired) electrons. The van der Waals surface area contributed by atoms with Crippen molar-refractivity contribution in [2.24, 2.45) is 0 Å². The first-order valence-corrected chi connectivity index (χ1v) is 6.69. The summed E-state index contributed by atoms with van der Waals surface area (Å²) < 4.78 is 5.52. The van der Waals surface area contributed by atoms with Crippen LogP contribution in [0.4, 0.5) is 0 Å². The highest BCUT2D eigenvalue weighted by Crippen LogP contribution is 2.38. The van der Waals surface area contributed by atoms with E-state index in [9.17, 15) is 4.79 Å². The lowest BCUT2D eigenvalue weighted by molar-refractivity contribution is -0.145. The Hall–Kier alpha value is -0.610. The van der Waals surface area contributed by atoms with Crippen LogP contribution in [0.15, 0.2) is 0 Å². The number of nitrogens with zero attached hydrogens (tertiary/aromatic N) is 1. The van der Waals surface area contributed by atoms with E-state index in [-0.39, 0.29) is 11.5 Å². The van der Waals surface area contributed by atoms with Crippen LogP contribution in [0, 0.1) is 0 Å². The van der Waals surface area contributed by atoms with Gasteiger partial charge in [-0.25, -0.2) is 0 Å². The van der Waals surface area contributed by atoms with E-state index in [4.69, 9.17) is 4.74 Å². The highest BCUT2D eigenvalue weighted by Gasteiger charge is 2.40. The Labute approximate surface area is 104 Å². The Morgan fingerprint density at radius 2 is 2.06 bits per heavy atom. The Bertz CT molecular complexity index is 263. The number of nitrogens with one attached hydrogen (secondary N) is 1. The number of carbonyl (C=O) groups excluding carboxylic acids is 1. The van der Waals surface area contributed by atoms with E-state index >= 15 is 0 Å². The Balaban J connectivity index is 1.80. The summed E-state index contributed by atoms with van der Waals surface area (Å²) in [6.07, 6.45) is 6.01. The Morgan fingerprint density at radius 1 is 1.41 bits per heavy atom. The molecule has 1 heterocycles. The molecule has 1 saturated carbocycles. The van der Waals surface area contributed by atoms with Gasteiger partial charge in [0, 0.05) is 26.2 Å². The number of hydrogen-bond acceptors (Lipinski definition) is 3. The van der Waals surface area contributed by atoms with Gasteiger partial charge in [-0.15, -0.1) is 0 Å². The van der Waals surface area contributed by atoms with E-state index in [1.54, 1.807) is 7.11 Å². The molecule has 0 aromatic rings. The van der Waals surface area contributed by atoms with Crippen molar-refractivity contribution in [3.63, 3.8) is 0 Å². The van der Waals surface area contributed by atoms with Crippen LogP contribution in [0.2, 0.25) is 0 Å². The van der Waals surface area contributed by atoms with Crippen molar-refractivity contribution >= 4 is 5.91 Å². The highest BCUT2D eigenvalue weighted by atomic mass is 16.5. The van der Waals surface area contributed by atoms with Crippen molar-refractivity contribution < 1.29 is 9.53 Å². The van der Waals surface area contributed by atoms with Gasteiger partial charge in [-0.2, -0.15) is 0 Å². The number of likely N-dealkylation sites (tertiary alicyclic amines) is 1. The van der Waals surface area contributed by atoms with Crippen molar-refractivity contribution in [3.05, 3.63) is 0 Å². The number of methoxy groups -OCH3 is 1. The number of rotatable bonds is 4. The van der Waals surface area contributed by atoms with Gasteiger partial charge in [-0.05, 0) is 39.2 Å². The molecule has 0 aromatic carbocycles. The number of amides is 1. The van der Waals surface area contributed by atoms with Crippen LogP contribution in [-0.2, 0) is 9.53 Å².